The zero-order valence-corrected chi connectivity index (χ0v) is 26.0. The normalized spacial score (nSPS) is 13.6. The van der Waals surface area contributed by atoms with E-state index in [1.165, 1.54) is 58.4 Å². The summed E-state index contributed by atoms with van der Waals surface area (Å²) in [4.78, 5) is 72.1. The van der Waals surface area contributed by atoms with E-state index in [-0.39, 0.29) is 46.6 Å². The number of carbonyl (C=O) groups excluding carboxylic acids is 6. The molecule has 2 aromatic carbocycles. The molecule has 2 aliphatic heterocycles. The Morgan fingerprint density at radius 1 is 0.614 bits per heavy atom. The van der Waals surface area contributed by atoms with Crippen molar-refractivity contribution in [2.75, 3.05) is 39.4 Å². The van der Waals surface area contributed by atoms with Crippen LogP contribution < -0.4 is 0 Å². The maximum Gasteiger partial charge on any atom is 0.346 e. The van der Waals surface area contributed by atoms with Crippen molar-refractivity contribution in [3.05, 3.63) is 69.8 Å². The van der Waals surface area contributed by atoms with Gasteiger partial charge in [0.25, 0.3) is 0 Å². The zero-order valence-electron chi connectivity index (χ0n) is 24.3. The lowest BCUT2D eigenvalue weighted by atomic mass is 10.1. The van der Waals surface area contributed by atoms with Gasteiger partial charge in [-0.05, 0) is 49.2 Å². The molecule has 0 saturated heterocycles. The second-order valence-electron chi connectivity index (χ2n) is 9.86. The average Bonchev–Trinajstić information content (AvgIpc) is 3.47. The van der Waals surface area contributed by atoms with Crippen molar-refractivity contribution in [1.29, 1.82) is 0 Å². The molecule has 2 aliphatic rings. The van der Waals surface area contributed by atoms with Crippen LogP contribution in [0.25, 0.3) is 0 Å². The molecule has 0 bridgehead atoms. The van der Waals surface area contributed by atoms with Crippen LogP contribution in [0.4, 0.5) is 0 Å². The van der Waals surface area contributed by atoms with Crippen molar-refractivity contribution < 1.29 is 47.7 Å². The fourth-order valence-electron chi connectivity index (χ4n) is 4.21. The predicted octanol–water partition coefficient (Wildman–Crippen LogP) is 4.74. The van der Waals surface area contributed by atoms with Gasteiger partial charge < -0.3 is 18.9 Å². The Kier molecular flexibility index (Phi) is 11.9. The summed E-state index contributed by atoms with van der Waals surface area (Å²) in [5.41, 5.74) is 0.665. The maximum atomic E-state index is 12.6. The van der Waals surface area contributed by atoms with E-state index >= 15 is 0 Å². The fraction of sp³-hybridized carbons (Fsp3) is 0.400. The SMILES string of the molecule is CCCCN(CCOC(=O)c1ccc2c(c1)C(=O)OC2=O)SSN(CCCC)CCOC(=O)c1ccc2c(c1)C(=O)OC2=O. The van der Waals surface area contributed by atoms with Crippen LogP contribution in [-0.4, -0.2) is 83.8 Å². The lowest BCUT2D eigenvalue weighted by Crippen LogP contribution is -2.26. The van der Waals surface area contributed by atoms with Gasteiger partial charge in [-0.25, -0.2) is 37.4 Å². The van der Waals surface area contributed by atoms with Gasteiger partial charge in [0, 0.05) is 48.1 Å². The first-order valence-corrected chi connectivity index (χ1v) is 16.3. The summed E-state index contributed by atoms with van der Waals surface area (Å²) in [7, 11) is 3.03. The quantitative estimate of drug-likeness (QED) is 0.0768. The Hall–Kier alpha value is -3.72. The molecule has 0 amide bonds. The summed E-state index contributed by atoms with van der Waals surface area (Å²) >= 11 is 0. The van der Waals surface area contributed by atoms with E-state index in [9.17, 15) is 28.8 Å². The Labute approximate surface area is 262 Å². The molecular weight excluding hydrogens is 612 g/mol. The highest BCUT2D eigenvalue weighted by Crippen LogP contribution is 2.30. The van der Waals surface area contributed by atoms with Gasteiger partial charge in [0.2, 0.25) is 0 Å². The van der Waals surface area contributed by atoms with Gasteiger partial charge in [0.1, 0.15) is 13.2 Å². The Morgan fingerprint density at radius 2 is 1.00 bits per heavy atom. The summed E-state index contributed by atoms with van der Waals surface area (Å²) in [5, 5.41) is 0. The van der Waals surface area contributed by atoms with Crippen molar-refractivity contribution in [2.45, 2.75) is 39.5 Å². The molecule has 0 saturated carbocycles. The molecule has 12 nitrogen and oxygen atoms in total. The standard InChI is InChI=1S/C30H32N2O10S2/c1-3-5-11-31(13-15-39-25(33)19-7-9-21-23(17-19)29(37)41-27(21)35)43-44-32(12-6-4-2)14-16-40-26(34)20-8-10-22-24(18-20)30(38)42-28(22)36/h7-10,17-18H,3-6,11-16H2,1-2H3. The highest BCUT2D eigenvalue weighted by atomic mass is 33.1. The van der Waals surface area contributed by atoms with Gasteiger partial charge in [-0.15, -0.1) is 0 Å². The third kappa shape index (κ3) is 8.46. The van der Waals surface area contributed by atoms with Crippen LogP contribution in [-0.2, 0) is 18.9 Å². The number of rotatable bonds is 17. The monoisotopic (exact) mass is 644 g/mol. The molecule has 234 valence electrons. The van der Waals surface area contributed by atoms with Gasteiger partial charge in [0.15, 0.2) is 0 Å². The first-order chi connectivity index (χ1) is 21.2. The number of nitrogens with zero attached hydrogens (tertiary/aromatic N) is 2. The van der Waals surface area contributed by atoms with Crippen LogP contribution in [0.1, 0.15) is 102 Å². The van der Waals surface area contributed by atoms with Crippen LogP contribution in [0.5, 0.6) is 0 Å². The van der Waals surface area contributed by atoms with E-state index in [1.54, 1.807) is 0 Å². The van der Waals surface area contributed by atoms with Crippen molar-refractivity contribution in [3.8, 4) is 0 Å². The summed E-state index contributed by atoms with van der Waals surface area (Å²) in [6.45, 7) is 6.83. The predicted molar refractivity (Wildman–Crippen MR) is 161 cm³/mol. The number of hydrogen-bond acceptors (Lipinski definition) is 14. The summed E-state index contributed by atoms with van der Waals surface area (Å²) in [5.74, 6) is -4.24. The van der Waals surface area contributed by atoms with Gasteiger partial charge in [-0.3, -0.25) is 0 Å². The van der Waals surface area contributed by atoms with Crippen LogP contribution in [0.3, 0.4) is 0 Å². The third-order valence-corrected chi connectivity index (χ3v) is 9.36. The van der Waals surface area contributed by atoms with Crippen LogP contribution in [0.15, 0.2) is 36.4 Å². The number of cyclic esters (lactones) is 4. The number of esters is 6. The molecule has 4 rings (SSSR count). The molecule has 14 heteroatoms. The zero-order chi connectivity index (χ0) is 31.6. The van der Waals surface area contributed by atoms with E-state index in [0.29, 0.717) is 13.1 Å². The van der Waals surface area contributed by atoms with Crippen LogP contribution >= 0.6 is 22.0 Å². The average molecular weight is 645 g/mol. The molecule has 0 fully saturated rings. The van der Waals surface area contributed by atoms with Gasteiger partial charge in [0.05, 0.1) is 33.4 Å². The van der Waals surface area contributed by atoms with Crippen molar-refractivity contribution in [3.63, 3.8) is 0 Å². The number of carbonyl (C=O) groups is 6. The summed E-state index contributed by atoms with van der Waals surface area (Å²) in [6.07, 6.45) is 3.84. The Bertz CT molecular complexity index is 1340. The maximum absolute atomic E-state index is 12.6. The highest BCUT2D eigenvalue weighted by Gasteiger charge is 2.31. The number of unbranched alkanes of at least 4 members (excludes halogenated alkanes) is 2. The van der Waals surface area contributed by atoms with Crippen molar-refractivity contribution in [2.24, 2.45) is 0 Å². The third-order valence-electron chi connectivity index (χ3n) is 6.67. The first kappa shape index (κ1) is 33.2. The fourth-order valence-corrected chi connectivity index (χ4v) is 6.56. The molecule has 2 heterocycles. The van der Waals surface area contributed by atoms with Gasteiger partial charge in [-0.2, -0.15) is 0 Å². The number of benzene rings is 2. The molecule has 0 radical (unpaired) electrons. The van der Waals surface area contributed by atoms with E-state index in [2.05, 4.69) is 31.9 Å². The summed E-state index contributed by atoms with van der Waals surface area (Å²) < 4.78 is 24.2. The van der Waals surface area contributed by atoms with Crippen molar-refractivity contribution >= 4 is 57.8 Å². The van der Waals surface area contributed by atoms with Gasteiger partial charge in [-0.1, -0.05) is 26.7 Å². The second-order valence-corrected chi connectivity index (χ2v) is 12.1. The summed E-state index contributed by atoms with van der Waals surface area (Å²) in [6, 6.07) is 8.23. The molecule has 0 atom stereocenters. The first-order valence-electron chi connectivity index (χ1n) is 14.2. The van der Waals surface area contributed by atoms with E-state index in [1.807, 2.05) is 0 Å². The van der Waals surface area contributed by atoms with E-state index < -0.39 is 35.8 Å². The number of hydrogen-bond donors (Lipinski definition) is 0. The minimum Gasteiger partial charge on any atom is -0.461 e. The smallest absolute Gasteiger partial charge is 0.346 e. The molecular formula is C30H32N2O10S2. The Morgan fingerprint density at radius 3 is 1.39 bits per heavy atom. The van der Waals surface area contributed by atoms with E-state index in [4.69, 9.17) is 9.47 Å². The second kappa shape index (κ2) is 15.8. The molecule has 0 aromatic heterocycles. The lowest BCUT2D eigenvalue weighted by Gasteiger charge is -2.25. The van der Waals surface area contributed by atoms with Crippen LogP contribution in [0.2, 0.25) is 0 Å². The van der Waals surface area contributed by atoms with Crippen LogP contribution in [0, 0.1) is 0 Å². The number of ether oxygens (including phenoxy) is 4. The lowest BCUT2D eigenvalue weighted by molar-refractivity contribution is 0.0425. The minimum absolute atomic E-state index is 0.0484. The van der Waals surface area contributed by atoms with Gasteiger partial charge >= 0.3 is 35.8 Å². The molecule has 2 aromatic rings. The molecule has 0 N–H and O–H groups in total. The Balaban J connectivity index is 1.26. The van der Waals surface area contributed by atoms with E-state index in [0.717, 1.165) is 38.8 Å². The van der Waals surface area contributed by atoms with Crippen molar-refractivity contribution in [1.82, 2.24) is 8.61 Å². The molecule has 0 unspecified atom stereocenters. The molecule has 0 spiro atoms. The molecule has 44 heavy (non-hydrogen) atoms. The topological polar surface area (TPSA) is 146 Å². The largest absolute Gasteiger partial charge is 0.461 e. The molecule has 0 aliphatic carbocycles. The number of fused-ring (bicyclic) bond motifs is 2. The highest BCUT2D eigenvalue weighted by molar-refractivity contribution is 8.74. The minimum atomic E-state index is -0.784.